The third kappa shape index (κ3) is 5.72. The molecule has 0 spiro atoms. The van der Waals surface area contributed by atoms with Crippen molar-refractivity contribution in [3.8, 4) is 5.75 Å². The van der Waals surface area contributed by atoms with Crippen LogP contribution in [0.15, 0.2) is 77.2 Å². The van der Waals surface area contributed by atoms with Gasteiger partial charge in [-0.25, -0.2) is 9.18 Å². The molecule has 1 fully saturated rings. The zero-order valence-electron chi connectivity index (χ0n) is 20.2. The van der Waals surface area contributed by atoms with Crippen LogP contribution in [-0.2, 0) is 16.0 Å². The second-order valence-corrected chi connectivity index (χ2v) is 8.85. The van der Waals surface area contributed by atoms with Gasteiger partial charge in [0, 0.05) is 12.1 Å². The number of likely N-dealkylation sites (tertiary alicyclic amines) is 1. The number of hydrogen-bond donors (Lipinski definition) is 1. The predicted molar refractivity (Wildman–Crippen MR) is 136 cm³/mol. The van der Waals surface area contributed by atoms with Crippen molar-refractivity contribution >= 4 is 34.7 Å². The number of carbonyl (C=O) groups is 2. The number of esters is 1. The first kappa shape index (κ1) is 24.3. The van der Waals surface area contributed by atoms with Gasteiger partial charge in [0.25, 0.3) is 6.01 Å². The van der Waals surface area contributed by atoms with Crippen LogP contribution in [0.25, 0.3) is 11.1 Å². The summed E-state index contributed by atoms with van der Waals surface area (Å²) >= 11 is 0. The van der Waals surface area contributed by atoms with Crippen LogP contribution in [0.5, 0.6) is 5.75 Å². The summed E-state index contributed by atoms with van der Waals surface area (Å²) in [5, 5.41) is 3.12. The molecule has 5 rings (SSSR count). The minimum Gasteiger partial charge on any atom is -0.491 e. The SMILES string of the molecule is COC(=O)c1ccc(OC[C@@H]2C[C@H](F)CN2C(=O)Cc2ccc3nc(Nc4ccccc4)oc3c2)cc1. The number of carbonyl (C=O) groups excluding carboxylic acids is 2. The van der Waals surface area contributed by atoms with Gasteiger partial charge in [0.15, 0.2) is 5.58 Å². The van der Waals surface area contributed by atoms with Crippen molar-refractivity contribution in [1.82, 2.24) is 9.88 Å². The van der Waals surface area contributed by atoms with Crippen LogP contribution < -0.4 is 10.1 Å². The Morgan fingerprint density at radius 1 is 1.11 bits per heavy atom. The maximum absolute atomic E-state index is 14.3. The zero-order valence-corrected chi connectivity index (χ0v) is 20.2. The third-order valence-corrected chi connectivity index (χ3v) is 6.23. The minimum absolute atomic E-state index is 0.0316. The molecule has 0 aliphatic carbocycles. The van der Waals surface area contributed by atoms with E-state index in [1.807, 2.05) is 36.4 Å². The lowest BCUT2D eigenvalue weighted by Gasteiger charge is -2.24. The summed E-state index contributed by atoms with van der Waals surface area (Å²) in [5.74, 6) is -0.0964. The Morgan fingerprint density at radius 2 is 1.89 bits per heavy atom. The Morgan fingerprint density at radius 3 is 2.65 bits per heavy atom. The van der Waals surface area contributed by atoms with Crippen LogP contribution >= 0.6 is 0 Å². The van der Waals surface area contributed by atoms with Gasteiger partial charge in [-0.05, 0) is 54.1 Å². The van der Waals surface area contributed by atoms with Gasteiger partial charge in [-0.2, -0.15) is 4.98 Å². The Bertz CT molecular complexity index is 1390. The highest BCUT2D eigenvalue weighted by Crippen LogP contribution is 2.26. The first-order valence-electron chi connectivity index (χ1n) is 11.9. The molecule has 3 aromatic carbocycles. The van der Waals surface area contributed by atoms with E-state index in [9.17, 15) is 14.0 Å². The normalized spacial score (nSPS) is 17.1. The van der Waals surface area contributed by atoms with E-state index in [0.717, 1.165) is 11.3 Å². The molecule has 1 N–H and O–H groups in total. The maximum Gasteiger partial charge on any atom is 0.337 e. The molecule has 4 aromatic rings. The largest absolute Gasteiger partial charge is 0.491 e. The highest BCUT2D eigenvalue weighted by molar-refractivity contribution is 5.89. The molecule has 37 heavy (non-hydrogen) atoms. The summed E-state index contributed by atoms with van der Waals surface area (Å²) in [4.78, 5) is 30.7. The quantitative estimate of drug-likeness (QED) is 0.341. The number of rotatable bonds is 8. The van der Waals surface area contributed by atoms with Crippen LogP contribution in [0, 0.1) is 0 Å². The molecule has 1 aliphatic heterocycles. The molecule has 2 heterocycles. The van der Waals surface area contributed by atoms with E-state index in [1.54, 1.807) is 41.3 Å². The average Bonchev–Trinajstić information content (AvgIpc) is 3.49. The van der Waals surface area contributed by atoms with E-state index in [1.165, 1.54) is 7.11 Å². The minimum atomic E-state index is -1.11. The highest BCUT2D eigenvalue weighted by Gasteiger charge is 2.35. The second kappa shape index (κ2) is 10.7. The number of nitrogens with one attached hydrogen (secondary N) is 1. The maximum atomic E-state index is 14.3. The number of oxazole rings is 1. The van der Waals surface area contributed by atoms with E-state index < -0.39 is 18.2 Å². The van der Waals surface area contributed by atoms with Crippen molar-refractivity contribution in [2.75, 3.05) is 25.6 Å². The van der Waals surface area contributed by atoms with Gasteiger partial charge in [-0.15, -0.1) is 0 Å². The van der Waals surface area contributed by atoms with E-state index in [2.05, 4.69) is 15.0 Å². The lowest BCUT2D eigenvalue weighted by Crippen LogP contribution is -2.40. The van der Waals surface area contributed by atoms with Crippen LogP contribution in [0.3, 0.4) is 0 Å². The number of methoxy groups -OCH3 is 1. The topological polar surface area (TPSA) is 93.9 Å². The smallest absolute Gasteiger partial charge is 0.337 e. The Labute approximate surface area is 213 Å². The van der Waals surface area contributed by atoms with E-state index >= 15 is 0 Å². The molecule has 1 amide bonds. The monoisotopic (exact) mass is 503 g/mol. The Hall–Kier alpha value is -4.40. The number of hydrogen-bond acceptors (Lipinski definition) is 7. The van der Waals surface area contributed by atoms with Crippen molar-refractivity contribution < 1.29 is 27.9 Å². The van der Waals surface area contributed by atoms with Crippen LogP contribution in [0.1, 0.15) is 22.3 Å². The molecule has 1 aliphatic rings. The Balaban J connectivity index is 1.22. The fourth-order valence-electron chi connectivity index (χ4n) is 4.37. The fourth-order valence-corrected chi connectivity index (χ4v) is 4.37. The average molecular weight is 504 g/mol. The first-order chi connectivity index (χ1) is 18.0. The van der Waals surface area contributed by atoms with Gasteiger partial charge in [-0.1, -0.05) is 24.3 Å². The van der Waals surface area contributed by atoms with Crippen molar-refractivity contribution in [1.29, 1.82) is 0 Å². The van der Waals surface area contributed by atoms with E-state index in [0.29, 0.717) is 28.4 Å². The molecule has 0 bridgehead atoms. The molecule has 1 aromatic heterocycles. The summed E-state index contributed by atoms with van der Waals surface area (Å²) < 4.78 is 30.6. The number of nitrogens with zero attached hydrogens (tertiary/aromatic N) is 2. The number of para-hydroxylation sites is 1. The highest BCUT2D eigenvalue weighted by atomic mass is 19.1. The van der Waals surface area contributed by atoms with Gasteiger partial charge in [0.1, 0.15) is 24.0 Å². The standard InChI is InChI=1S/C28H26FN3O5/c1-35-27(34)19-8-10-23(11-9-19)36-17-22-15-20(29)16-32(22)26(33)14-18-7-12-24-25(13-18)37-28(31-24)30-21-5-3-2-4-6-21/h2-13,20,22H,14-17H2,1H3,(H,30,31)/t20-,22-/m0/s1. The number of anilines is 2. The molecule has 2 atom stereocenters. The summed E-state index contributed by atoms with van der Waals surface area (Å²) in [6.45, 7) is 0.184. The predicted octanol–water partition coefficient (Wildman–Crippen LogP) is 4.92. The second-order valence-electron chi connectivity index (χ2n) is 8.85. The molecular formula is C28H26FN3O5. The number of fused-ring (bicyclic) bond motifs is 1. The van der Waals surface area contributed by atoms with Gasteiger partial charge in [0.05, 0.1) is 31.7 Å². The molecule has 0 unspecified atom stereocenters. The zero-order chi connectivity index (χ0) is 25.8. The summed E-state index contributed by atoms with van der Waals surface area (Å²) in [7, 11) is 1.32. The van der Waals surface area contributed by atoms with Gasteiger partial charge >= 0.3 is 5.97 Å². The van der Waals surface area contributed by atoms with Crippen molar-refractivity contribution in [3.63, 3.8) is 0 Å². The van der Waals surface area contributed by atoms with Crippen LogP contribution in [0.4, 0.5) is 16.1 Å². The molecule has 8 nitrogen and oxygen atoms in total. The molecule has 0 radical (unpaired) electrons. The van der Waals surface area contributed by atoms with Gasteiger partial charge < -0.3 is 24.1 Å². The van der Waals surface area contributed by atoms with E-state index in [4.69, 9.17) is 9.15 Å². The van der Waals surface area contributed by atoms with E-state index in [-0.39, 0.29) is 31.9 Å². The number of halogens is 1. The van der Waals surface area contributed by atoms with Crippen molar-refractivity contribution in [2.45, 2.75) is 25.1 Å². The number of alkyl halides is 1. The van der Waals surface area contributed by atoms with Crippen LogP contribution in [0.2, 0.25) is 0 Å². The fraction of sp³-hybridized carbons (Fsp3) is 0.250. The number of aromatic nitrogens is 1. The van der Waals surface area contributed by atoms with Crippen molar-refractivity contribution in [3.05, 3.63) is 83.9 Å². The van der Waals surface area contributed by atoms with Crippen LogP contribution in [-0.4, -0.2) is 54.2 Å². The summed E-state index contributed by atoms with van der Waals surface area (Å²) in [6, 6.07) is 21.4. The first-order valence-corrected chi connectivity index (χ1v) is 11.9. The molecular weight excluding hydrogens is 477 g/mol. The summed E-state index contributed by atoms with van der Waals surface area (Å²) in [5.41, 5.74) is 3.24. The number of benzene rings is 3. The lowest BCUT2D eigenvalue weighted by atomic mass is 10.1. The van der Waals surface area contributed by atoms with Gasteiger partial charge in [0.2, 0.25) is 5.91 Å². The third-order valence-electron chi connectivity index (χ3n) is 6.23. The van der Waals surface area contributed by atoms with Crippen molar-refractivity contribution in [2.24, 2.45) is 0 Å². The number of amides is 1. The molecule has 9 heteroatoms. The lowest BCUT2D eigenvalue weighted by molar-refractivity contribution is -0.132. The summed E-state index contributed by atoms with van der Waals surface area (Å²) in [6.07, 6.45) is -0.792. The van der Waals surface area contributed by atoms with Gasteiger partial charge in [-0.3, -0.25) is 4.79 Å². The Kier molecular flexibility index (Phi) is 7.02. The number of ether oxygens (including phenoxy) is 2. The molecule has 1 saturated heterocycles. The molecule has 0 saturated carbocycles. The molecule has 190 valence electrons.